The molecule has 2 aromatic carbocycles. The SMILES string of the molecule is Cc1csc(Sc2ccc(C(=O)Nc3ccc(-c4csnn4)cc3)cc2[N+](=O)[O-])n1. The van der Waals surface area contributed by atoms with Gasteiger partial charge in [0.1, 0.15) is 5.69 Å². The Hall–Kier alpha value is -3.15. The standard InChI is InChI=1S/C19H13N5O3S3/c1-11-9-28-19(20-11)30-17-7-4-13(8-16(17)24(26)27)18(25)21-14-5-2-12(3-6-14)15-10-29-23-22-15/h2-10H,1H3,(H,21,25). The van der Waals surface area contributed by atoms with Crippen LogP contribution in [0, 0.1) is 17.0 Å². The number of benzene rings is 2. The van der Waals surface area contributed by atoms with Crippen molar-refractivity contribution in [3.05, 3.63) is 74.6 Å². The third-order valence-corrected chi connectivity index (χ3v) is 6.64. The summed E-state index contributed by atoms with van der Waals surface area (Å²) < 4.78 is 4.54. The zero-order chi connectivity index (χ0) is 21.1. The van der Waals surface area contributed by atoms with Crippen LogP contribution in [0.1, 0.15) is 16.1 Å². The third kappa shape index (κ3) is 4.53. The molecular weight excluding hydrogens is 442 g/mol. The van der Waals surface area contributed by atoms with Gasteiger partial charge in [-0.15, -0.1) is 16.4 Å². The van der Waals surface area contributed by atoms with Gasteiger partial charge in [-0.2, -0.15) is 0 Å². The molecule has 4 rings (SSSR count). The van der Waals surface area contributed by atoms with E-state index in [-0.39, 0.29) is 11.3 Å². The van der Waals surface area contributed by atoms with Gasteiger partial charge in [0.25, 0.3) is 11.6 Å². The van der Waals surface area contributed by atoms with E-state index in [2.05, 4.69) is 19.9 Å². The van der Waals surface area contributed by atoms with E-state index in [1.807, 2.05) is 29.8 Å². The Kier molecular flexibility index (Phi) is 5.84. The fourth-order valence-electron chi connectivity index (χ4n) is 2.58. The molecule has 1 amide bonds. The number of hydrogen-bond donors (Lipinski definition) is 1. The molecule has 0 atom stereocenters. The predicted octanol–water partition coefficient (Wildman–Crippen LogP) is 5.28. The average Bonchev–Trinajstić information content (AvgIpc) is 3.41. The van der Waals surface area contributed by atoms with E-state index in [1.165, 1.54) is 40.7 Å². The molecule has 8 nitrogen and oxygen atoms in total. The highest BCUT2D eigenvalue weighted by Crippen LogP contribution is 2.37. The highest BCUT2D eigenvalue weighted by Gasteiger charge is 2.19. The van der Waals surface area contributed by atoms with Crippen molar-refractivity contribution in [2.24, 2.45) is 0 Å². The second kappa shape index (κ2) is 8.69. The summed E-state index contributed by atoms with van der Waals surface area (Å²) in [6.07, 6.45) is 0. The minimum absolute atomic E-state index is 0.133. The Labute approximate surface area is 183 Å². The Morgan fingerprint density at radius 3 is 2.60 bits per heavy atom. The molecule has 2 aromatic heterocycles. The van der Waals surface area contributed by atoms with Crippen LogP contribution in [0.2, 0.25) is 0 Å². The number of amides is 1. The van der Waals surface area contributed by atoms with Gasteiger partial charge in [-0.1, -0.05) is 28.4 Å². The van der Waals surface area contributed by atoms with Crippen molar-refractivity contribution in [2.45, 2.75) is 16.2 Å². The van der Waals surface area contributed by atoms with Gasteiger partial charge < -0.3 is 5.32 Å². The molecule has 0 aliphatic carbocycles. The van der Waals surface area contributed by atoms with Crippen LogP contribution in [-0.2, 0) is 0 Å². The quantitative estimate of drug-likeness (QED) is 0.311. The molecular formula is C19H13N5O3S3. The second-order valence-corrected chi connectivity index (χ2v) is 8.88. The molecule has 0 saturated carbocycles. The highest BCUT2D eigenvalue weighted by atomic mass is 32.2. The smallest absolute Gasteiger partial charge is 0.284 e. The van der Waals surface area contributed by atoms with Crippen LogP contribution in [0.15, 0.2) is 62.5 Å². The summed E-state index contributed by atoms with van der Waals surface area (Å²) in [5.41, 5.74) is 3.15. The van der Waals surface area contributed by atoms with Gasteiger partial charge in [0, 0.05) is 39.3 Å². The number of thiazole rings is 1. The van der Waals surface area contributed by atoms with Gasteiger partial charge >= 0.3 is 0 Å². The number of nitro benzene ring substituents is 1. The van der Waals surface area contributed by atoms with E-state index in [4.69, 9.17) is 0 Å². The minimum atomic E-state index is -0.490. The van der Waals surface area contributed by atoms with Crippen LogP contribution >= 0.6 is 34.6 Å². The number of aromatic nitrogens is 3. The monoisotopic (exact) mass is 455 g/mol. The van der Waals surface area contributed by atoms with Crippen molar-refractivity contribution in [2.75, 3.05) is 5.32 Å². The lowest BCUT2D eigenvalue weighted by atomic mass is 10.1. The largest absolute Gasteiger partial charge is 0.322 e. The summed E-state index contributed by atoms with van der Waals surface area (Å²) in [6, 6.07) is 11.6. The van der Waals surface area contributed by atoms with Crippen LogP contribution in [-0.4, -0.2) is 25.4 Å². The lowest BCUT2D eigenvalue weighted by molar-refractivity contribution is -0.387. The number of hydrogen-bond acceptors (Lipinski definition) is 9. The van der Waals surface area contributed by atoms with Crippen LogP contribution < -0.4 is 5.32 Å². The topological polar surface area (TPSA) is 111 Å². The third-order valence-electron chi connectivity index (χ3n) is 4.01. The molecule has 0 aliphatic heterocycles. The first kappa shape index (κ1) is 20.1. The molecule has 0 radical (unpaired) electrons. The number of carbonyl (C=O) groups is 1. The zero-order valence-electron chi connectivity index (χ0n) is 15.4. The molecule has 1 N–H and O–H groups in total. The van der Waals surface area contributed by atoms with Crippen molar-refractivity contribution in [1.82, 2.24) is 14.6 Å². The number of carbonyl (C=O) groups excluding carboxylic acids is 1. The maximum absolute atomic E-state index is 12.6. The Bertz CT molecular complexity index is 1210. The lowest BCUT2D eigenvalue weighted by Gasteiger charge is -2.07. The molecule has 0 aliphatic rings. The Morgan fingerprint density at radius 2 is 1.97 bits per heavy atom. The number of nitrogens with one attached hydrogen (secondary N) is 1. The molecule has 0 saturated heterocycles. The second-order valence-electron chi connectivity index (χ2n) is 6.12. The molecule has 150 valence electrons. The minimum Gasteiger partial charge on any atom is -0.322 e. The molecule has 2 heterocycles. The van der Waals surface area contributed by atoms with Gasteiger partial charge in [-0.05, 0) is 42.7 Å². The lowest BCUT2D eigenvalue weighted by Crippen LogP contribution is -2.12. The first-order valence-corrected chi connectivity index (χ1v) is 11.1. The van der Waals surface area contributed by atoms with Crippen LogP contribution in [0.5, 0.6) is 0 Å². The fraction of sp³-hybridized carbons (Fsp3) is 0.0526. The summed E-state index contributed by atoms with van der Waals surface area (Å²) in [7, 11) is 0. The number of anilines is 1. The Balaban J connectivity index is 1.52. The molecule has 0 fully saturated rings. The van der Waals surface area contributed by atoms with E-state index >= 15 is 0 Å². The van der Waals surface area contributed by atoms with E-state index < -0.39 is 10.8 Å². The van der Waals surface area contributed by atoms with Crippen molar-refractivity contribution < 1.29 is 9.72 Å². The Morgan fingerprint density at radius 1 is 1.17 bits per heavy atom. The van der Waals surface area contributed by atoms with Gasteiger partial charge in [-0.25, -0.2) is 4.98 Å². The van der Waals surface area contributed by atoms with Gasteiger partial charge in [0.15, 0.2) is 4.34 Å². The highest BCUT2D eigenvalue weighted by molar-refractivity contribution is 8.01. The normalized spacial score (nSPS) is 10.7. The number of rotatable bonds is 6. The summed E-state index contributed by atoms with van der Waals surface area (Å²) in [5.74, 6) is -0.428. The molecule has 11 heteroatoms. The summed E-state index contributed by atoms with van der Waals surface area (Å²) in [5, 5.41) is 22.0. The summed E-state index contributed by atoms with van der Waals surface area (Å²) in [6.45, 7) is 1.86. The van der Waals surface area contributed by atoms with Crippen molar-refractivity contribution in [3.8, 4) is 11.3 Å². The van der Waals surface area contributed by atoms with Gasteiger partial charge in [-0.3, -0.25) is 14.9 Å². The summed E-state index contributed by atoms with van der Waals surface area (Å²) >= 11 is 3.89. The molecule has 0 spiro atoms. The molecule has 0 unspecified atom stereocenters. The van der Waals surface area contributed by atoms with Crippen molar-refractivity contribution >= 4 is 51.9 Å². The van der Waals surface area contributed by atoms with E-state index in [9.17, 15) is 14.9 Å². The maximum Gasteiger partial charge on any atom is 0.284 e. The maximum atomic E-state index is 12.6. The molecule has 0 bridgehead atoms. The van der Waals surface area contributed by atoms with Gasteiger partial charge in [0.2, 0.25) is 0 Å². The van der Waals surface area contributed by atoms with Crippen molar-refractivity contribution in [1.29, 1.82) is 0 Å². The average molecular weight is 456 g/mol. The number of nitro groups is 1. The first-order valence-electron chi connectivity index (χ1n) is 8.57. The zero-order valence-corrected chi connectivity index (χ0v) is 17.9. The number of aryl methyl sites for hydroxylation is 1. The number of nitrogens with zero attached hydrogens (tertiary/aromatic N) is 4. The van der Waals surface area contributed by atoms with E-state index in [1.54, 1.807) is 24.3 Å². The fourth-order valence-corrected chi connectivity index (χ4v) is 4.92. The van der Waals surface area contributed by atoms with E-state index in [0.717, 1.165) is 17.0 Å². The van der Waals surface area contributed by atoms with Gasteiger partial charge in [0.05, 0.1) is 9.82 Å². The molecule has 4 aromatic rings. The van der Waals surface area contributed by atoms with Crippen LogP contribution in [0.4, 0.5) is 11.4 Å². The molecule has 30 heavy (non-hydrogen) atoms. The van der Waals surface area contributed by atoms with Crippen LogP contribution in [0.3, 0.4) is 0 Å². The van der Waals surface area contributed by atoms with Crippen LogP contribution in [0.25, 0.3) is 11.3 Å². The predicted molar refractivity (Wildman–Crippen MR) is 117 cm³/mol. The van der Waals surface area contributed by atoms with Crippen molar-refractivity contribution in [3.63, 3.8) is 0 Å². The summed E-state index contributed by atoms with van der Waals surface area (Å²) in [4.78, 5) is 28.4. The first-order chi connectivity index (χ1) is 14.5. The van der Waals surface area contributed by atoms with E-state index in [0.29, 0.717) is 14.9 Å².